The highest BCUT2D eigenvalue weighted by molar-refractivity contribution is 7.09. The van der Waals surface area contributed by atoms with E-state index in [1.807, 2.05) is 24.3 Å². The zero-order valence-corrected chi connectivity index (χ0v) is 17.3. The third kappa shape index (κ3) is 6.00. The Morgan fingerprint density at radius 1 is 1.36 bits per heavy atom. The van der Waals surface area contributed by atoms with Crippen LogP contribution in [0.15, 0.2) is 34.6 Å². The number of guanidine groups is 1. The van der Waals surface area contributed by atoms with Crippen LogP contribution in [0, 0.1) is 5.82 Å². The van der Waals surface area contributed by atoms with Crippen LogP contribution in [-0.2, 0) is 11.3 Å². The molecule has 0 saturated carbocycles. The van der Waals surface area contributed by atoms with E-state index in [1.165, 1.54) is 12.1 Å². The van der Waals surface area contributed by atoms with Gasteiger partial charge in [-0.1, -0.05) is 12.1 Å². The van der Waals surface area contributed by atoms with Crippen LogP contribution < -0.4 is 10.6 Å². The minimum Gasteiger partial charge on any atom is -0.375 e. The molecule has 0 saturated heterocycles. The Bertz CT molecular complexity index is 811. The largest absolute Gasteiger partial charge is 0.375 e. The summed E-state index contributed by atoms with van der Waals surface area (Å²) in [6.45, 7) is 3.35. The molecular formula is C19H26FN5O2S. The maximum atomic E-state index is 13.6. The van der Waals surface area contributed by atoms with Gasteiger partial charge in [-0.15, -0.1) is 11.3 Å². The number of halogens is 1. The molecule has 1 atom stereocenters. The number of amides is 1. The quantitative estimate of drug-likeness (QED) is 0.399. The third-order valence-electron chi connectivity index (χ3n) is 4.06. The molecule has 1 heterocycles. The van der Waals surface area contributed by atoms with Crippen LogP contribution in [0.25, 0.3) is 0 Å². The lowest BCUT2D eigenvalue weighted by Gasteiger charge is -2.21. The molecule has 0 bridgehead atoms. The van der Waals surface area contributed by atoms with Crippen LogP contribution in [0.4, 0.5) is 4.39 Å². The molecule has 152 valence electrons. The van der Waals surface area contributed by atoms with Gasteiger partial charge in [0.15, 0.2) is 5.96 Å². The normalized spacial score (nSPS) is 12.5. The van der Waals surface area contributed by atoms with Crippen molar-refractivity contribution in [1.29, 1.82) is 0 Å². The number of ether oxygens (including phenoxy) is 1. The van der Waals surface area contributed by atoms with Crippen molar-refractivity contribution in [3.8, 4) is 0 Å². The second-order valence-corrected chi connectivity index (χ2v) is 7.01. The van der Waals surface area contributed by atoms with E-state index in [1.54, 1.807) is 37.6 Å². The van der Waals surface area contributed by atoms with E-state index >= 15 is 0 Å². The smallest absolute Gasteiger partial charge is 0.254 e. The van der Waals surface area contributed by atoms with Gasteiger partial charge in [-0.25, -0.2) is 9.37 Å². The molecule has 0 spiro atoms. The molecule has 0 aliphatic carbocycles. The molecule has 1 aromatic heterocycles. The Kier molecular flexibility index (Phi) is 8.34. The predicted octanol–water partition coefficient (Wildman–Crippen LogP) is 2.43. The summed E-state index contributed by atoms with van der Waals surface area (Å²) in [6, 6.07) is 5.90. The monoisotopic (exact) mass is 407 g/mol. The number of aliphatic imine (C=N–C) groups is 1. The number of carbonyl (C=O) groups excluding carboxylic acids is 1. The Morgan fingerprint density at radius 3 is 2.75 bits per heavy atom. The predicted molar refractivity (Wildman–Crippen MR) is 109 cm³/mol. The van der Waals surface area contributed by atoms with Crippen molar-refractivity contribution in [3.05, 3.63) is 51.7 Å². The topological polar surface area (TPSA) is 78.9 Å². The van der Waals surface area contributed by atoms with Crippen LogP contribution in [0.3, 0.4) is 0 Å². The van der Waals surface area contributed by atoms with E-state index in [9.17, 15) is 9.18 Å². The van der Waals surface area contributed by atoms with Crippen LogP contribution >= 0.6 is 11.3 Å². The Balaban J connectivity index is 1.79. The summed E-state index contributed by atoms with van der Waals surface area (Å²) in [6.07, 6.45) is -0.0282. The van der Waals surface area contributed by atoms with E-state index in [4.69, 9.17) is 4.74 Å². The average molecular weight is 408 g/mol. The number of carbonyl (C=O) groups is 1. The van der Waals surface area contributed by atoms with Gasteiger partial charge in [0.25, 0.3) is 5.91 Å². The van der Waals surface area contributed by atoms with Crippen molar-refractivity contribution < 1.29 is 13.9 Å². The van der Waals surface area contributed by atoms with E-state index in [-0.39, 0.29) is 11.7 Å². The number of rotatable bonds is 8. The summed E-state index contributed by atoms with van der Waals surface area (Å²) in [4.78, 5) is 22.8. The van der Waals surface area contributed by atoms with E-state index in [2.05, 4.69) is 20.6 Å². The van der Waals surface area contributed by atoms with Crippen molar-refractivity contribution in [3.63, 3.8) is 0 Å². The lowest BCUT2D eigenvalue weighted by atomic mass is 10.2. The highest BCUT2D eigenvalue weighted by Crippen LogP contribution is 2.20. The summed E-state index contributed by atoms with van der Waals surface area (Å²) in [5.74, 6) is -0.297. The number of nitrogens with zero attached hydrogens (tertiary/aromatic N) is 3. The minimum absolute atomic E-state index is 0.0282. The molecule has 1 amide bonds. The van der Waals surface area contributed by atoms with Gasteiger partial charge in [0.2, 0.25) is 0 Å². The highest BCUT2D eigenvalue weighted by atomic mass is 32.1. The fraction of sp³-hybridized carbons (Fsp3) is 0.421. The number of nitrogens with one attached hydrogen (secondary N) is 2. The van der Waals surface area contributed by atoms with Gasteiger partial charge in [-0.05, 0) is 19.1 Å². The number of aromatic nitrogens is 1. The first kappa shape index (κ1) is 21.8. The first-order valence-electron chi connectivity index (χ1n) is 8.87. The summed E-state index contributed by atoms with van der Waals surface area (Å²) in [5.41, 5.74) is 0.968. The molecule has 1 unspecified atom stereocenters. The Hall–Kier alpha value is -2.52. The third-order valence-corrected chi connectivity index (χ3v) is 5.11. The molecule has 9 heteroatoms. The summed E-state index contributed by atoms with van der Waals surface area (Å²) in [5, 5.41) is 8.80. The number of thiazole rings is 1. The molecule has 7 nitrogen and oxygen atoms in total. The first-order chi connectivity index (χ1) is 13.5. The summed E-state index contributed by atoms with van der Waals surface area (Å²) < 4.78 is 18.9. The van der Waals surface area contributed by atoms with Crippen molar-refractivity contribution in [1.82, 2.24) is 20.5 Å². The van der Waals surface area contributed by atoms with E-state index in [0.717, 1.165) is 10.7 Å². The van der Waals surface area contributed by atoms with Crippen LogP contribution in [0.2, 0.25) is 0 Å². The zero-order chi connectivity index (χ0) is 20.5. The van der Waals surface area contributed by atoms with Crippen LogP contribution in [0.5, 0.6) is 0 Å². The second kappa shape index (κ2) is 10.7. The Morgan fingerprint density at radius 2 is 2.07 bits per heavy atom. The number of hydrogen-bond donors (Lipinski definition) is 2. The number of benzene rings is 1. The molecular weight excluding hydrogens is 381 g/mol. The van der Waals surface area contributed by atoms with Gasteiger partial charge in [0.05, 0.1) is 17.8 Å². The lowest BCUT2D eigenvalue weighted by Crippen LogP contribution is -2.42. The Labute approximate surface area is 168 Å². The maximum absolute atomic E-state index is 13.6. The average Bonchev–Trinajstić information content (AvgIpc) is 3.15. The van der Waals surface area contributed by atoms with Gasteiger partial charge in [-0.3, -0.25) is 9.79 Å². The fourth-order valence-corrected chi connectivity index (χ4v) is 3.32. The molecule has 2 N–H and O–H groups in total. The summed E-state index contributed by atoms with van der Waals surface area (Å²) >= 11 is 1.57. The van der Waals surface area contributed by atoms with Crippen molar-refractivity contribution >= 4 is 23.2 Å². The standard InChI is InChI=1S/C19H26FN5O2S/c1-13(27-4)18-24-14(12-28-18)11-25(3)19(21-2)23-10-9-22-17(26)15-7-5-6-8-16(15)20/h5-8,12-13H,9-11H2,1-4H3,(H,21,23)(H,22,26). The fourth-order valence-electron chi connectivity index (χ4n) is 2.48. The van der Waals surface area contributed by atoms with Crippen molar-refractivity contribution in [2.75, 3.05) is 34.3 Å². The molecule has 28 heavy (non-hydrogen) atoms. The lowest BCUT2D eigenvalue weighted by molar-refractivity contribution is 0.0950. The van der Waals surface area contributed by atoms with Crippen LogP contribution in [-0.4, -0.2) is 56.0 Å². The summed E-state index contributed by atoms with van der Waals surface area (Å²) in [7, 11) is 5.26. The molecule has 0 fully saturated rings. The molecule has 2 aromatic rings. The number of methoxy groups -OCH3 is 1. The van der Waals surface area contributed by atoms with Gasteiger partial charge in [0, 0.05) is 39.7 Å². The van der Waals surface area contributed by atoms with Gasteiger partial charge in [-0.2, -0.15) is 0 Å². The van der Waals surface area contributed by atoms with E-state index < -0.39 is 11.7 Å². The highest BCUT2D eigenvalue weighted by Gasteiger charge is 2.13. The number of hydrogen-bond acceptors (Lipinski definition) is 5. The second-order valence-electron chi connectivity index (χ2n) is 6.12. The molecule has 0 aliphatic rings. The molecule has 2 rings (SSSR count). The first-order valence-corrected chi connectivity index (χ1v) is 9.75. The van der Waals surface area contributed by atoms with Gasteiger partial charge >= 0.3 is 0 Å². The molecule has 0 aliphatic heterocycles. The van der Waals surface area contributed by atoms with Crippen LogP contribution in [0.1, 0.15) is 34.1 Å². The minimum atomic E-state index is -0.533. The van der Waals surface area contributed by atoms with Crippen molar-refractivity contribution in [2.24, 2.45) is 4.99 Å². The van der Waals surface area contributed by atoms with Crippen molar-refractivity contribution in [2.45, 2.75) is 19.6 Å². The van der Waals surface area contributed by atoms with Gasteiger partial charge in [0.1, 0.15) is 16.9 Å². The molecule has 1 aromatic carbocycles. The van der Waals surface area contributed by atoms with Gasteiger partial charge < -0.3 is 20.3 Å². The zero-order valence-electron chi connectivity index (χ0n) is 16.5. The SMILES string of the molecule is CN=C(NCCNC(=O)c1ccccc1F)N(C)Cc1csc(C(C)OC)n1. The van der Waals surface area contributed by atoms with E-state index in [0.29, 0.717) is 25.6 Å². The maximum Gasteiger partial charge on any atom is 0.254 e. The molecule has 0 radical (unpaired) electrons.